The lowest BCUT2D eigenvalue weighted by Gasteiger charge is -2.41. The second-order valence-electron chi connectivity index (χ2n) is 6.15. The van der Waals surface area contributed by atoms with Crippen LogP contribution in [-0.2, 0) is 6.42 Å². The van der Waals surface area contributed by atoms with Crippen molar-refractivity contribution in [2.45, 2.75) is 52.5 Å². The molecule has 0 unspecified atom stereocenters. The molecule has 0 saturated heterocycles. The summed E-state index contributed by atoms with van der Waals surface area (Å²) in [6, 6.07) is 0. The molecule has 6 nitrogen and oxygen atoms in total. The molecule has 6 heteroatoms. The van der Waals surface area contributed by atoms with Crippen LogP contribution in [0.2, 0.25) is 0 Å². The lowest BCUT2D eigenvalue weighted by molar-refractivity contribution is 0.114. The molecule has 106 valence electrons. The quantitative estimate of drug-likeness (QED) is 0.877. The Labute approximate surface area is 112 Å². The van der Waals surface area contributed by atoms with E-state index in [9.17, 15) is 4.79 Å². The summed E-state index contributed by atoms with van der Waals surface area (Å²) in [5, 5.41) is 15.6. The lowest BCUT2D eigenvalue weighted by Crippen LogP contribution is -2.54. The van der Waals surface area contributed by atoms with Crippen LogP contribution >= 0.6 is 0 Å². The highest BCUT2D eigenvalue weighted by molar-refractivity contribution is 5.66. The van der Waals surface area contributed by atoms with E-state index in [1.165, 1.54) is 0 Å². The summed E-state index contributed by atoms with van der Waals surface area (Å²) in [5.74, 6) is 1.61. The Morgan fingerprint density at radius 3 is 2.74 bits per heavy atom. The number of nitrogens with one attached hydrogen (secondary N) is 1. The number of carbonyl (C=O) groups is 1. The molecular formula is C13H21N3O3. The van der Waals surface area contributed by atoms with Crippen LogP contribution in [0.3, 0.4) is 0 Å². The Morgan fingerprint density at radius 1 is 1.53 bits per heavy atom. The maximum absolute atomic E-state index is 11.0. The van der Waals surface area contributed by atoms with Gasteiger partial charge in [-0.2, -0.15) is 4.98 Å². The highest BCUT2D eigenvalue weighted by Crippen LogP contribution is 2.50. The molecule has 0 aliphatic heterocycles. The highest BCUT2D eigenvalue weighted by Gasteiger charge is 2.52. The van der Waals surface area contributed by atoms with Crippen LogP contribution < -0.4 is 5.32 Å². The van der Waals surface area contributed by atoms with Gasteiger partial charge in [-0.05, 0) is 31.1 Å². The summed E-state index contributed by atoms with van der Waals surface area (Å²) in [6.45, 7) is 7.95. The van der Waals surface area contributed by atoms with Crippen molar-refractivity contribution < 1.29 is 14.4 Å². The van der Waals surface area contributed by atoms with Crippen LogP contribution in [0.1, 0.15) is 45.3 Å². The van der Waals surface area contributed by atoms with Crippen molar-refractivity contribution in [2.24, 2.45) is 11.3 Å². The van der Waals surface area contributed by atoms with Gasteiger partial charge in [0.1, 0.15) is 0 Å². The molecule has 1 heterocycles. The lowest BCUT2D eigenvalue weighted by atomic mass is 9.70. The summed E-state index contributed by atoms with van der Waals surface area (Å²) >= 11 is 0. The minimum atomic E-state index is -0.966. The van der Waals surface area contributed by atoms with E-state index in [0.717, 1.165) is 19.3 Å². The molecule has 1 aliphatic rings. The first-order valence-corrected chi connectivity index (χ1v) is 6.55. The zero-order valence-corrected chi connectivity index (χ0v) is 11.9. The molecule has 0 aromatic carbocycles. The minimum Gasteiger partial charge on any atom is -0.465 e. The van der Waals surface area contributed by atoms with E-state index in [-0.39, 0.29) is 5.41 Å². The first-order chi connectivity index (χ1) is 8.74. The normalized spacial score (nSPS) is 29.4. The maximum Gasteiger partial charge on any atom is 0.405 e. The molecule has 0 spiro atoms. The van der Waals surface area contributed by atoms with Crippen LogP contribution in [0, 0.1) is 18.3 Å². The third kappa shape index (κ3) is 2.43. The molecule has 1 saturated carbocycles. The second-order valence-corrected chi connectivity index (χ2v) is 6.15. The zero-order valence-electron chi connectivity index (χ0n) is 11.9. The van der Waals surface area contributed by atoms with E-state index in [4.69, 9.17) is 9.63 Å². The number of nitrogens with zero attached hydrogens (tertiary/aromatic N) is 2. The van der Waals surface area contributed by atoms with Crippen molar-refractivity contribution in [1.82, 2.24) is 15.5 Å². The maximum atomic E-state index is 11.0. The topological polar surface area (TPSA) is 88.2 Å². The summed E-state index contributed by atoms with van der Waals surface area (Å²) in [5.41, 5.74) is -0.567. The molecule has 19 heavy (non-hydrogen) atoms. The Hall–Kier alpha value is -1.59. The predicted octanol–water partition coefficient (Wildman–Crippen LogP) is 2.38. The fraction of sp³-hybridized carbons (Fsp3) is 0.769. The first kappa shape index (κ1) is 13.8. The van der Waals surface area contributed by atoms with Gasteiger partial charge in [-0.3, -0.25) is 0 Å². The molecule has 2 N–H and O–H groups in total. The van der Waals surface area contributed by atoms with Crippen LogP contribution in [0.5, 0.6) is 0 Å². The number of rotatable bonds is 3. The van der Waals surface area contributed by atoms with Crippen molar-refractivity contribution >= 4 is 6.09 Å². The van der Waals surface area contributed by atoms with E-state index < -0.39 is 11.6 Å². The first-order valence-electron chi connectivity index (χ1n) is 6.55. The fourth-order valence-electron chi connectivity index (χ4n) is 3.06. The van der Waals surface area contributed by atoms with Crippen LogP contribution in [-0.4, -0.2) is 26.9 Å². The number of hydrogen-bond donors (Lipinski definition) is 2. The molecule has 1 fully saturated rings. The molecule has 1 aliphatic carbocycles. The van der Waals surface area contributed by atoms with E-state index >= 15 is 0 Å². The molecule has 2 atom stereocenters. The fourth-order valence-corrected chi connectivity index (χ4v) is 3.06. The van der Waals surface area contributed by atoms with Gasteiger partial charge in [0.05, 0.1) is 0 Å². The van der Waals surface area contributed by atoms with Gasteiger partial charge in [-0.25, -0.2) is 4.79 Å². The monoisotopic (exact) mass is 267 g/mol. The van der Waals surface area contributed by atoms with Gasteiger partial charge in [0.2, 0.25) is 5.89 Å². The van der Waals surface area contributed by atoms with E-state index in [1.807, 2.05) is 6.92 Å². The van der Waals surface area contributed by atoms with Crippen molar-refractivity contribution in [3.8, 4) is 0 Å². The number of hydrogen-bond acceptors (Lipinski definition) is 4. The Bertz CT molecular complexity index is 483. The Balaban J connectivity index is 2.14. The summed E-state index contributed by atoms with van der Waals surface area (Å²) in [4.78, 5) is 15.2. The zero-order chi connectivity index (χ0) is 14.3. The van der Waals surface area contributed by atoms with Gasteiger partial charge >= 0.3 is 6.09 Å². The van der Waals surface area contributed by atoms with E-state index in [0.29, 0.717) is 17.6 Å². The van der Waals surface area contributed by atoms with Crippen molar-refractivity contribution in [3.63, 3.8) is 0 Å². The minimum absolute atomic E-state index is 0.153. The number of aryl methyl sites for hydroxylation is 1. The van der Waals surface area contributed by atoms with E-state index in [2.05, 4.69) is 29.3 Å². The largest absolute Gasteiger partial charge is 0.465 e. The molecular weight excluding hydrogens is 246 g/mol. The average molecular weight is 267 g/mol. The van der Waals surface area contributed by atoms with E-state index in [1.54, 1.807) is 6.92 Å². The average Bonchev–Trinajstić information content (AvgIpc) is 2.76. The predicted molar refractivity (Wildman–Crippen MR) is 68.8 cm³/mol. The molecule has 2 rings (SSSR count). The number of aromatic nitrogens is 2. The van der Waals surface area contributed by atoms with Crippen LogP contribution in [0.15, 0.2) is 4.52 Å². The Morgan fingerprint density at radius 2 is 2.21 bits per heavy atom. The van der Waals surface area contributed by atoms with Gasteiger partial charge in [-0.15, -0.1) is 0 Å². The molecule has 0 radical (unpaired) electrons. The van der Waals surface area contributed by atoms with Crippen molar-refractivity contribution in [3.05, 3.63) is 11.7 Å². The SMILES string of the molecule is Cc1nc(C[C@H]2CC[C@@](C)(NC(=O)O)C2(C)C)no1. The summed E-state index contributed by atoms with van der Waals surface area (Å²) < 4.78 is 4.99. The van der Waals surface area contributed by atoms with Gasteiger partial charge in [0, 0.05) is 18.9 Å². The number of carboxylic acid groups (broad SMARTS) is 1. The molecule has 0 bridgehead atoms. The molecule has 1 amide bonds. The van der Waals surface area contributed by atoms with Crippen molar-refractivity contribution in [1.29, 1.82) is 0 Å². The van der Waals surface area contributed by atoms with Crippen LogP contribution in [0.4, 0.5) is 4.79 Å². The molecule has 1 aromatic heterocycles. The molecule has 1 aromatic rings. The van der Waals surface area contributed by atoms with Gasteiger partial charge in [0.15, 0.2) is 5.82 Å². The van der Waals surface area contributed by atoms with Gasteiger partial charge in [-0.1, -0.05) is 19.0 Å². The smallest absolute Gasteiger partial charge is 0.405 e. The highest BCUT2D eigenvalue weighted by atomic mass is 16.5. The summed E-state index contributed by atoms with van der Waals surface area (Å²) in [7, 11) is 0. The Kier molecular flexibility index (Phi) is 3.28. The third-order valence-corrected chi connectivity index (χ3v) is 4.82. The van der Waals surface area contributed by atoms with Gasteiger partial charge < -0.3 is 14.9 Å². The standard InChI is InChI=1S/C13H21N3O3/c1-8-14-10(16-19-8)7-9-5-6-13(4,12(9,2)3)15-11(17)18/h9,15H,5-7H2,1-4H3,(H,17,18)/t9-,13-/m1/s1. The van der Waals surface area contributed by atoms with Gasteiger partial charge in [0.25, 0.3) is 0 Å². The van der Waals surface area contributed by atoms with Crippen LogP contribution in [0.25, 0.3) is 0 Å². The summed E-state index contributed by atoms with van der Waals surface area (Å²) in [6.07, 6.45) is 1.54. The number of amides is 1. The van der Waals surface area contributed by atoms with Crippen molar-refractivity contribution in [2.75, 3.05) is 0 Å². The second kappa shape index (κ2) is 4.51. The third-order valence-electron chi connectivity index (χ3n) is 4.82.